The Morgan fingerprint density at radius 2 is 1.22 bits per heavy atom. The fraction of sp³-hybridized carbons (Fsp3) is 0. The fourth-order valence-electron chi connectivity index (χ4n) is 1.48. The Hall–Kier alpha value is -0.680. The van der Waals surface area contributed by atoms with E-state index in [0.29, 0.717) is 0 Å². The Bertz CT molecular complexity index is 545. The van der Waals surface area contributed by atoms with Crippen LogP contribution in [0.5, 0.6) is 0 Å². The van der Waals surface area contributed by atoms with E-state index >= 15 is 0 Å². The Kier molecular flexibility index (Phi) is 4.10. The van der Waals surface area contributed by atoms with Gasteiger partial charge in [0.25, 0.3) is 0 Å². The summed E-state index contributed by atoms with van der Waals surface area (Å²) in [7, 11) is 0. The van der Waals surface area contributed by atoms with Crippen molar-refractivity contribution in [1.82, 2.24) is 0 Å². The van der Waals surface area contributed by atoms with Crippen LogP contribution in [0, 0.1) is 0 Å². The van der Waals surface area contributed by atoms with Gasteiger partial charge in [-0.05, 0) is 41.1 Å². The maximum atomic E-state index is 2.26. The van der Waals surface area contributed by atoms with Gasteiger partial charge in [0, 0.05) is 9.79 Å². The van der Waals surface area contributed by atoms with Crippen LogP contribution in [0.1, 0.15) is 0 Å². The minimum absolute atomic E-state index is 1.30. The summed E-state index contributed by atoms with van der Waals surface area (Å²) >= 11 is 7.23. The molecule has 0 atom stereocenters. The molecule has 0 spiro atoms. The normalized spacial score (nSPS) is 10.7. The van der Waals surface area contributed by atoms with E-state index in [1.807, 2.05) is 23.5 Å². The van der Waals surface area contributed by atoms with Crippen molar-refractivity contribution in [3.8, 4) is 0 Å². The number of benzene rings is 1. The largest absolute Gasteiger partial charge is 0.137 e. The molecular formula is C14H10S4. The van der Waals surface area contributed by atoms with Crippen molar-refractivity contribution in [2.45, 2.75) is 18.2 Å². The highest BCUT2D eigenvalue weighted by Gasteiger charge is 2.02. The molecule has 0 aliphatic carbocycles. The molecule has 3 rings (SSSR count). The molecular weight excluding hydrogens is 296 g/mol. The van der Waals surface area contributed by atoms with E-state index in [0.717, 1.165) is 0 Å². The van der Waals surface area contributed by atoms with Gasteiger partial charge in [-0.3, -0.25) is 0 Å². The first-order chi connectivity index (χ1) is 8.90. The highest BCUT2D eigenvalue weighted by atomic mass is 32.2. The summed E-state index contributed by atoms with van der Waals surface area (Å²) < 4.78 is 2.68. The van der Waals surface area contributed by atoms with Gasteiger partial charge in [-0.1, -0.05) is 41.7 Å². The van der Waals surface area contributed by atoms with E-state index < -0.39 is 0 Å². The van der Waals surface area contributed by atoms with E-state index in [2.05, 4.69) is 59.3 Å². The standard InChI is InChI=1S/C14H10S4/c1-4-11(17-13-6-2-8-15-13)10-12(5-1)18-14-7-3-9-16-14/h1-10H. The average Bonchev–Trinajstić information content (AvgIpc) is 3.03. The van der Waals surface area contributed by atoms with Crippen LogP contribution >= 0.6 is 46.2 Å². The van der Waals surface area contributed by atoms with E-state index in [1.165, 1.54) is 18.2 Å². The van der Waals surface area contributed by atoms with Crippen molar-refractivity contribution < 1.29 is 0 Å². The van der Waals surface area contributed by atoms with Crippen LogP contribution in [0.15, 0.2) is 77.5 Å². The predicted octanol–water partition coefficient (Wildman–Crippen LogP) is 6.11. The Balaban J connectivity index is 1.76. The highest BCUT2D eigenvalue weighted by molar-refractivity contribution is 8.02. The van der Waals surface area contributed by atoms with Crippen LogP contribution in [0.4, 0.5) is 0 Å². The number of rotatable bonds is 4. The Labute approximate surface area is 123 Å². The summed E-state index contributed by atoms with van der Waals surface area (Å²) in [5, 5.41) is 4.24. The molecule has 0 bridgehead atoms. The molecule has 0 nitrogen and oxygen atoms in total. The lowest BCUT2D eigenvalue weighted by molar-refractivity contribution is 1.33. The lowest BCUT2D eigenvalue weighted by Gasteiger charge is -2.02. The van der Waals surface area contributed by atoms with Crippen molar-refractivity contribution in [1.29, 1.82) is 0 Å². The maximum absolute atomic E-state index is 2.26. The quantitative estimate of drug-likeness (QED) is 0.570. The van der Waals surface area contributed by atoms with Crippen LogP contribution in [0.2, 0.25) is 0 Å². The first kappa shape index (κ1) is 12.4. The summed E-state index contributed by atoms with van der Waals surface area (Å²) in [6.45, 7) is 0. The van der Waals surface area contributed by atoms with E-state index in [4.69, 9.17) is 0 Å². The monoisotopic (exact) mass is 306 g/mol. The summed E-state index contributed by atoms with van der Waals surface area (Å²) in [5.41, 5.74) is 0. The minimum Gasteiger partial charge on any atom is -0.137 e. The van der Waals surface area contributed by atoms with E-state index in [9.17, 15) is 0 Å². The first-order valence-electron chi connectivity index (χ1n) is 5.43. The molecule has 0 saturated carbocycles. The molecule has 0 unspecified atom stereocenters. The van der Waals surface area contributed by atoms with Gasteiger partial charge in [0.1, 0.15) is 0 Å². The molecule has 18 heavy (non-hydrogen) atoms. The summed E-state index contributed by atoms with van der Waals surface area (Å²) in [4.78, 5) is 2.61. The second kappa shape index (κ2) is 5.97. The third-order valence-corrected chi connectivity index (χ3v) is 6.29. The molecule has 0 aliphatic heterocycles. The zero-order valence-corrected chi connectivity index (χ0v) is 12.7. The third kappa shape index (κ3) is 3.20. The number of hydrogen-bond donors (Lipinski definition) is 0. The van der Waals surface area contributed by atoms with Gasteiger partial charge in [0.15, 0.2) is 0 Å². The average molecular weight is 307 g/mol. The van der Waals surface area contributed by atoms with Crippen LogP contribution in [-0.2, 0) is 0 Å². The molecule has 1 aromatic carbocycles. The predicted molar refractivity (Wildman–Crippen MR) is 83.3 cm³/mol. The van der Waals surface area contributed by atoms with Crippen molar-refractivity contribution in [2.75, 3.05) is 0 Å². The van der Waals surface area contributed by atoms with Crippen molar-refractivity contribution in [3.05, 3.63) is 59.3 Å². The SMILES string of the molecule is c1cc(Sc2cccs2)cc(Sc2cccs2)c1. The van der Waals surface area contributed by atoms with Gasteiger partial charge in [0.05, 0.1) is 8.42 Å². The van der Waals surface area contributed by atoms with Crippen molar-refractivity contribution >= 4 is 46.2 Å². The zero-order chi connectivity index (χ0) is 12.2. The Morgan fingerprint density at radius 1 is 0.667 bits per heavy atom. The van der Waals surface area contributed by atoms with Crippen molar-refractivity contribution in [3.63, 3.8) is 0 Å². The molecule has 2 aromatic heterocycles. The van der Waals surface area contributed by atoms with Gasteiger partial charge < -0.3 is 0 Å². The third-order valence-electron chi connectivity index (χ3n) is 2.23. The molecule has 0 radical (unpaired) electrons. The molecule has 0 saturated heterocycles. The molecule has 0 N–H and O–H groups in total. The number of hydrogen-bond acceptors (Lipinski definition) is 4. The zero-order valence-electron chi connectivity index (χ0n) is 9.41. The topological polar surface area (TPSA) is 0 Å². The minimum atomic E-state index is 1.30. The van der Waals surface area contributed by atoms with E-state index in [-0.39, 0.29) is 0 Å². The maximum Gasteiger partial charge on any atom is 0.0646 e. The molecule has 3 aromatic rings. The molecule has 0 amide bonds. The van der Waals surface area contributed by atoms with Crippen LogP contribution in [-0.4, -0.2) is 0 Å². The lowest BCUT2D eigenvalue weighted by atomic mass is 10.4. The van der Waals surface area contributed by atoms with Gasteiger partial charge in [-0.2, -0.15) is 0 Å². The summed E-state index contributed by atoms with van der Waals surface area (Å²) in [6, 6.07) is 17.2. The van der Waals surface area contributed by atoms with Gasteiger partial charge in [0.2, 0.25) is 0 Å². The van der Waals surface area contributed by atoms with Crippen LogP contribution < -0.4 is 0 Å². The Morgan fingerprint density at radius 3 is 1.67 bits per heavy atom. The second-order valence-electron chi connectivity index (χ2n) is 3.54. The molecule has 0 fully saturated rings. The first-order valence-corrected chi connectivity index (χ1v) is 8.82. The molecule has 2 heterocycles. The lowest BCUT2D eigenvalue weighted by Crippen LogP contribution is -1.73. The van der Waals surface area contributed by atoms with Gasteiger partial charge in [-0.15, -0.1) is 22.7 Å². The summed E-state index contributed by atoms with van der Waals surface area (Å²) in [6.07, 6.45) is 0. The fourth-order valence-corrected chi connectivity index (χ4v) is 5.17. The molecule has 0 aliphatic rings. The molecule has 90 valence electrons. The van der Waals surface area contributed by atoms with Gasteiger partial charge >= 0.3 is 0 Å². The van der Waals surface area contributed by atoms with Crippen LogP contribution in [0.25, 0.3) is 0 Å². The number of thiophene rings is 2. The highest BCUT2D eigenvalue weighted by Crippen LogP contribution is 2.36. The van der Waals surface area contributed by atoms with Gasteiger partial charge in [-0.25, -0.2) is 0 Å². The van der Waals surface area contributed by atoms with Crippen LogP contribution in [0.3, 0.4) is 0 Å². The van der Waals surface area contributed by atoms with Crippen molar-refractivity contribution in [2.24, 2.45) is 0 Å². The smallest absolute Gasteiger partial charge is 0.0646 e. The summed E-state index contributed by atoms with van der Waals surface area (Å²) in [5.74, 6) is 0. The molecule has 4 heteroatoms. The second-order valence-corrected chi connectivity index (χ2v) is 8.19. The van der Waals surface area contributed by atoms with E-state index in [1.54, 1.807) is 22.7 Å².